The molecular weight excluding hydrogens is 510 g/mol. The Morgan fingerprint density at radius 2 is 1.82 bits per heavy atom. The minimum Gasteiger partial charge on any atom is -0.481 e. The summed E-state index contributed by atoms with van der Waals surface area (Å²) in [6, 6.07) is 9.53. The van der Waals surface area contributed by atoms with Gasteiger partial charge in [-0.15, -0.1) is 0 Å². The molecule has 208 valence electrons. The van der Waals surface area contributed by atoms with Gasteiger partial charge in [0.2, 0.25) is 5.91 Å². The van der Waals surface area contributed by atoms with Crippen molar-refractivity contribution < 1.29 is 29.0 Å². The van der Waals surface area contributed by atoms with Crippen LogP contribution in [0.1, 0.15) is 50.0 Å². The zero-order valence-corrected chi connectivity index (χ0v) is 22.8. The number of ether oxygens (including phenoxy) is 1. The largest absolute Gasteiger partial charge is 0.481 e. The Hall–Kier alpha value is -3.51. The number of rotatable bonds is 12. The van der Waals surface area contributed by atoms with Crippen LogP contribution in [0.4, 0.5) is 5.00 Å². The van der Waals surface area contributed by atoms with E-state index in [1.807, 2.05) is 37.3 Å². The molecule has 0 saturated carbocycles. The third-order valence-electron chi connectivity index (χ3n) is 5.40. The van der Waals surface area contributed by atoms with Crippen molar-refractivity contribution in [2.45, 2.75) is 39.5 Å². The van der Waals surface area contributed by atoms with Gasteiger partial charge in [-0.25, -0.2) is 4.98 Å². The van der Waals surface area contributed by atoms with E-state index < -0.39 is 11.9 Å². The molecule has 4 N–H and O–H groups in total. The molecule has 12 heteroatoms. The summed E-state index contributed by atoms with van der Waals surface area (Å²) in [5, 5.41) is 18.3. The summed E-state index contributed by atoms with van der Waals surface area (Å²) in [7, 11) is 0. The van der Waals surface area contributed by atoms with Gasteiger partial charge in [-0.1, -0.05) is 55.0 Å². The maximum Gasteiger partial charge on any atom is 0.307 e. The first kappa shape index (κ1) is 30.7. The number of nitrogens with one attached hydrogen (secondary N) is 3. The summed E-state index contributed by atoms with van der Waals surface area (Å²) in [6.07, 6.45) is 2.26. The molecule has 11 nitrogen and oxygen atoms in total. The van der Waals surface area contributed by atoms with Gasteiger partial charge >= 0.3 is 11.9 Å². The van der Waals surface area contributed by atoms with Crippen molar-refractivity contribution in [1.29, 1.82) is 0 Å². The van der Waals surface area contributed by atoms with Crippen molar-refractivity contribution in [3.63, 3.8) is 0 Å². The SMILES string of the molecule is CCCCC(=O)O.CCOC(=O)CCNc1sc(-c2ccccc2)nc1C(=O)NCC(=O)N1CCNCC1. The Bertz CT molecular complexity index is 1040. The second-order valence-electron chi connectivity index (χ2n) is 8.36. The van der Waals surface area contributed by atoms with Gasteiger partial charge in [0.25, 0.3) is 5.91 Å². The second-order valence-corrected chi connectivity index (χ2v) is 9.35. The number of hydrogen-bond donors (Lipinski definition) is 4. The van der Waals surface area contributed by atoms with Gasteiger partial charge in [-0.05, 0) is 13.3 Å². The van der Waals surface area contributed by atoms with E-state index in [9.17, 15) is 19.2 Å². The molecule has 1 fully saturated rings. The lowest BCUT2D eigenvalue weighted by Crippen LogP contribution is -2.49. The quantitative estimate of drug-likeness (QED) is 0.294. The van der Waals surface area contributed by atoms with Crippen LogP contribution in [0, 0.1) is 0 Å². The zero-order chi connectivity index (χ0) is 27.8. The maximum atomic E-state index is 12.8. The van der Waals surface area contributed by atoms with Gasteiger partial charge in [0.15, 0.2) is 5.69 Å². The lowest BCUT2D eigenvalue weighted by molar-refractivity contribution is -0.142. The number of nitrogens with zero attached hydrogens (tertiary/aromatic N) is 2. The minimum atomic E-state index is -0.693. The van der Waals surface area contributed by atoms with Gasteiger partial charge in [0.05, 0.1) is 19.6 Å². The van der Waals surface area contributed by atoms with Crippen molar-refractivity contribution >= 4 is 40.1 Å². The number of thiazole rings is 1. The molecule has 0 atom stereocenters. The van der Waals surface area contributed by atoms with Crippen LogP contribution in [-0.2, 0) is 19.1 Å². The molecule has 38 heavy (non-hydrogen) atoms. The molecule has 1 aliphatic rings. The first-order chi connectivity index (χ1) is 18.3. The Kier molecular flexibility index (Phi) is 13.8. The molecular formula is C26H37N5O6S. The summed E-state index contributed by atoms with van der Waals surface area (Å²) < 4.78 is 4.94. The third-order valence-corrected chi connectivity index (χ3v) is 6.46. The van der Waals surface area contributed by atoms with Crippen LogP contribution < -0.4 is 16.0 Å². The molecule has 1 aromatic carbocycles. The number of esters is 1. The van der Waals surface area contributed by atoms with Crippen LogP contribution in [0.15, 0.2) is 30.3 Å². The standard InChI is InChI=1S/C21H27N5O4S.C5H10O2/c1-2-30-17(28)8-9-23-21-18(25-20(31-21)15-6-4-3-5-7-15)19(29)24-14-16(27)26-12-10-22-11-13-26;1-2-3-4-5(6)7/h3-7,22-23H,2,8-14H2,1H3,(H,24,29);2-4H2,1H3,(H,6,7). The van der Waals surface area contributed by atoms with E-state index in [0.29, 0.717) is 42.7 Å². The van der Waals surface area contributed by atoms with Crippen molar-refractivity contribution in [3.8, 4) is 10.6 Å². The average molecular weight is 548 g/mol. The lowest BCUT2D eigenvalue weighted by Gasteiger charge is -2.27. The fourth-order valence-corrected chi connectivity index (χ4v) is 4.40. The molecule has 1 aliphatic heterocycles. The summed E-state index contributed by atoms with van der Waals surface area (Å²) >= 11 is 1.33. The van der Waals surface area contributed by atoms with Gasteiger partial charge < -0.3 is 30.7 Å². The van der Waals surface area contributed by atoms with E-state index in [-0.39, 0.29) is 30.5 Å². The number of carboxylic acids is 1. The minimum absolute atomic E-state index is 0.0840. The average Bonchev–Trinajstić information content (AvgIpc) is 3.36. The highest BCUT2D eigenvalue weighted by atomic mass is 32.1. The van der Waals surface area contributed by atoms with E-state index in [1.54, 1.807) is 11.8 Å². The van der Waals surface area contributed by atoms with Crippen LogP contribution >= 0.6 is 11.3 Å². The Labute approximate surface area is 227 Å². The number of carbonyl (C=O) groups excluding carboxylic acids is 3. The van der Waals surface area contributed by atoms with E-state index in [1.165, 1.54) is 11.3 Å². The predicted octanol–water partition coefficient (Wildman–Crippen LogP) is 2.60. The number of benzene rings is 1. The number of anilines is 1. The molecule has 0 aliphatic carbocycles. The molecule has 1 aromatic heterocycles. The fourth-order valence-electron chi connectivity index (χ4n) is 3.40. The second kappa shape index (κ2) is 17.1. The van der Waals surface area contributed by atoms with Gasteiger partial charge in [0.1, 0.15) is 10.0 Å². The Morgan fingerprint density at radius 3 is 2.42 bits per heavy atom. The molecule has 0 bridgehead atoms. The van der Waals surface area contributed by atoms with E-state index in [2.05, 4.69) is 20.9 Å². The highest BCUT2D eigenvalue weighted by molar-refractivity contribution is 7.19. The van der Waals surface area contributed by atoms with Crippen LogP contribution in [-0.4, -0.2) is 84.6 Å². The summed E-state index contributed by atoms with van der Waals surface area (Å²) in [4.78, 5) is 52.8. The van der Waals surface area contributed by atoms with Crippen LogP contribution in [0.5, 0.6) is 0 Å². The predicted molar refractivity (Wildman–Crippen MR) is 146 cm³/mol. The molecule has 2 aromatic rings. The van der Waals surface area contributed by atoms with Crippen molar-refractivity contribution in [2.24, 2.45) is 0 Å². The number of amides is 2. The van der Waals surface area contributed by atoms with Crippen molar-refractivity contribution in [2.75, 3.05) is 51.2 Å². The maximum absolute atomic E-state index is 12.8. The molecule has 3 rings (SSSR count). The third kappa shape index (κ3) is 10.9. The normalized spacial score (nSPS) is 12.6. The van der Waals surface area contributed by atoms with Gasteiger partial charge in [-0.2, -0.15) is 0 Å². The van der Waals surface area contributed by atoms with Crippen molar-refractivity contribution in [3.05, 3.63) is 36.0 Å². The van der Waals surface area contributed by atoms with E-state index >= 15 is 0 Å². The highest BCUT2D eigenvalue weighted by Crippen LogP contribution is 2.32. The summed E-state index contributed by atoms with van der Waals surface area (Å²) in [5.41, 5.74) is 1.10. The first-order valence-corrected chi connectivity index (χ1v) is 13.6. The number of carboxylic acid groups (broad SMARTS) is 1. The van der Waals surface area contributed by atoms with Crippen LogP contribution in [0.2, 0.25) is 0 Å². The number of aromatic nitrogens is 1. The number of unbranched alkanes of at least 4 members (excludes halogenated alkanes) is 1. The summed E-state index contributed by atoms with van der Waals surface area (Å²) in [6.45, 7) is 7.05. The molecule has 2 heterocycles. The zero-order valence-electron chi connectivity index (χ0n) is 22.0. The van der Waals surface area contributed by atoms with Crippen molar-refractivity contribution in [1.82, 2.24) is 20.5 Å². The fraction of sp³-hybridized carbons (Fsp3) is 0.500. The lowest BCUT2D eigenvalue weighted by atomic mass is 10.2. The molecule has 0 unspecified atom stereocenters. The number of hydrogen-bond acceptors (Lipinski definition) is 9. The topological polar surface area (TPSA) is 150 Å². The molecule has 0 spiro atoms. The van der Waals surface area contributed by atoms with Gasteiger partial charge in [-0.3, -0.25) is 19.2 Å². The smallest absolute Gasteiger partial charge is 0.307 e. The van der Waals surface area contributed by atoms with Crippen LogP contribution in [0.25, 0.3) is 10.6 Å². The molecule has 0 radical (unpaired) electrons. The first-order valence-electron chi connectivity index (χ1n) is 12.8. The highest BCUT2D eigenvalue weighted by Gasteiger charge is 2.22. The number of piperazine rings is 1. The Morgan fingerprint density at radius 1 is 1.11 bits per heavy atom. The van der Waals surface area contributed by atoms with Crippen LogP contribution in [0.3, 0.4) is 0 Å². The van der Waals surface area contributed by atoms with Gasteiger partial charge in [0, 0.05) is 44.7 Å². The summed E-state index contributed by atoms with van der Waals surface area (Å²) in [5.74, 6) is -1.55. The number of aliphatic carboxylic acids is 1. The van der Waals surface area contributed by atoms with E-state index in [4.69, 9.17) is 9.84 Å². The Balaban J connectivity index is 0.000000638. The molecule has 2 amide bonds. The van der Waals surface area contributed by atoms with E-state index in [0.717, 1.165) is 31.5 Å². The molecule has 1 saturated heterocycles. The monoisotopic (exact) mass is 547 g/mol. The number of carbonyl (C=O) groups is 4.